The van der Waals surface area contributed by atoms with E-state index >= 15 is 0 Å². The first-order valence-electron chi connectivity index (χ1n) is 9.42. The summed E-state index contributed by atoms with van der Waals surface area (Å²) in [5.41, 5.74) is 1.03. The van der Waals surface area contributed by atoms with Crippen molar-refractivity contribution in [2.24, 2.45) is 5.92 Å². The van der Waals surface area contributed by atoms with Crippen LogP contribution >= 0.6 is 0 Å². The first-order chi connectivity index (χ1) is 12.6. The molecule has 0 radical (unpaired) electrons. The number of carbonyl (C=O) groups excluding carboxylic acids is 2. The van der Waals surface area contributed by atoms with Gasteiger partial charge in [-0.15, -0.1) is 0 Å². The Morgan fingerprint density at radius 2 is 1.92 bits per heavy atom. The van der Waals surface area contributed by atoms with Crippen molar-refractivity contribution in [1.82, 2.24) is 14.7 Å². The predicted molar refractivity (Wildman–Crippen MR) is 99.6 cm³/mol. The van der Waals surface area contributed by atoms with Gasteiger partial charge >= 0.3 is 0 Å². The molecule has 6 nitrogen and oxygen atoms in total. The van der Waals surface area contributed by atoms with Crippen LogP contribution < -0.4 is 0 Å². The van der Waals surface area contributed by atoms with Crippen LogP contribution in [-0.2, 0) is 14.3 Å². The van der Waals surface area contributed by atoms with Crippen molar-refractivity contribution in [2.45, 2.75) is 18.9 Å². The van der Waals surface area contributed by atoms with Crippen molar-refractivity contribution in [1.29, 1.82) is 0 Å². The van der Waals surface area contributed by atoms with Gasteiger partial charge < -0.3 is 19.4 Å². The largest absolute Gasteiger partial charge is 0.383 e. The number of rotatable bonds is 5. The molecule has 1 aromatic carbocycles. The summed E-state index contributed by atoms with van der Waals surface area (Å²) in [6.07, 6.45) is 1.26. The number of likely N-dealkylation sites (tertiary alicyclic amines) is 1. The first-order valence-corrected chi connectivity index (χ1v) is 9.42. The van der Waals surface area contributed by atoms with E-state index in [0.717, 1.165) is 38.2 Å². The molecule has 2 atom stereocenters. The number of nitrogens with zero attached hydrogens (tertiary/aromatic N) is 3. The average molecular weight is 359 g/mol. The molecule has 2 amide bonds. The summed E-state index contributed by atoms with van der Waals surface area (Å²) in [6.45, 7) is 4.39. The molecule has 0 saturated carbocycles. The maximum Gasteiger partial charge on any atom is 0.228 e. The zero-order chi connectivity index (χ0) is 18.5. The third-order valence-corrected chi connectivity index (χ3v) is 5.46. The summed E-state index contributed by atoms with van der Waals surface area (Å²) in [6, 6.07) is 9.72. The second-order valence-corrected chi connectivity index (χ2v) is 7.23. The molecule has 2 saturated heterocycles. The normalized spacial score (nSPS) is 24.8. The Bertz CT molecular complexity index is 622. The van der Waals surface area contributed by atoms with E-state index in [-0.39, 0.29) is 30.2 Å². The van der Waals surface area contributed by atoms with Crippen molar-refractivity contribution in [2.75, 3.05) is 53.5 Å². The lowest BCUT2D eigenvalue weighted by Crippen LogP contribution is -2.41. The molecular weight excluding hydrogens is 330 g/mol. The quantitative estimate of drug-likeness (QED) is 0.797. The molecule has 0 aliphatic carbocycles. The van der Waals surface area contributed by atoms with E-state index in [2.05, 4.69) is 11.9 Å². The third-order valence-electron chi connectivity index (χ3n) is 5.46. The van der Waals surface area contributed by atoms with E-state index in [4.69, 9.17) is 4.74 Å². The molecule has 2 fully saturated rings. The molecule has 0 bridgehead atoms. The van der Waals surface area contributed by atoms with E-state index < -0.39 is 0 Å². The molecule has 3 rings (SSSR count). The lowest BCUT2D eigenvalue weighted by molar-refractivity contribution is -0.136. The second kappa shape index (κ2) is 8.64. The standard InChI is InChI=1S/C20H29N3O3/c1-21-9-6-10-22(12-11-21)20(25)17-15-18(24)23(13-14-26-2)19(17)16-7-4-3-5-8-16/h3-5,7-8,17,19H,6,9-15H2,1-2H3/t17-,19+/m1/s1. The van der Waals surface area contributed by atoms with Gasteiger partial charge in [0, 0.05) is 39.7 Å². The summed E-state index contributed by atoms with van der Waals surface area (Å²) in [5.74, 6) is -0.159. The minimum atomic E-state index is -0.315. The zero-order valence-electron chi connectivity index (χ0n) is 15.8. The van der Waals surface area contributed by atoms with Gasteiger partial charge in [0.25, 0.3) is 0 Å². The highest BCUT2D eigenvalue weighted by Crippen LogP contribution is 2.39. The molecular formula is C20H29N3O3. The fourth-order valence-corrected chi connectivity index (χ4v) is 4.03. The number of ether oxygens (including phenoxy) is 1. The summed E-state index contributed by atoms with van der Waals surface area (Å²) in [4.78, 5) is 32.0. The highest BCUT2D eigenvalue weighted by Gasteiger charge is 2.45. The summed E-state index contributed by atoms with van der Waals surface area (Å²) < 4.78 is 5.18. The maximum atomic E-state index is 13.3. The van der Waals surface area contributed by atoms with Crippen molar-refractivity contribution < 1.29 is 14.3 Å². The van der Waals surface area contributed by atoms with Gasteiger partial charge in [-0.25, -0.2) is 0 Å². The SMILES string of the molecule is COCCN1C(=O)C[C@@H](C(=O)N2CCCN(C)CC2)[C@@H]1c1ccccc1. The van der Waals surface area contributed by atoms with Gasteiger partial charge in [0.2, 0.25) is 11.8 Å². The first kappa shape index (κ1) is 18.9. The molecule has 26 heavy (non-hydrogen) atoms. The number of benzene rings is 1. The number of carbonyl (C=O) groups is 2. The lowest BCUT2D eigenvalue weighted by atomic mass is 9.92. The fraction of sp³-hybridized carbons (Fsp3) is 0.600. The minimum Gasteiger partial charge on any atom is -0.383 e. The summed E-state index contributed by atoms with van der Waals surface area (Å²) >= 11 is 0. The molecule has 0 N–H and O–H groups in total. The van der Waals surface area contributed by atoms with Crippen molar-refractivity contribution in [3.63, 3.8) is 0 Å². The molecule has 1 aromatic rings. The molecule has 2 aliphatic heterocycles. The summed E-state index contributed by atoms with van der Waals surface area (Å²) in [5, 5.41) is 0. The minimum absolute atomic E-state index is 0.0428. The Morgan fingerprint density at radius 1 is 1.15 bits per heavy atom. The number of amides is 2. The zero-order valence-corrected chi connectivity index (χ0v) is 15.8. The summed E-state index contributed by atoms with van der Waals surface area (Å²) in [7, 11) is 3.72. The van der Waals surface area contributed by atoms with Crippen molar-refractivity contribution in [3.8, 4) is 0 Å². The van der Waals surface area contributed by atoms with Crippen LogP contribution in [0.15, 0.2) is 30.3 Å². The monoisotopic (exact) mass is 359 g/mol. The van der Waals surface area contributed by atoms with Crippen LogP contribution in [0.25, 0.3) is 0 Å². The van der Waals surface area contributed by atoms with Crippen LogP contribution in [0.2, 0.25) is 0 Å². The molecule has 0 aromatic heterocycles. The van der Waals surface area contributed by atoms with E-state index in [1.165, 1.54) is 0 Å². The van der Waals surface area contributed by atoms with Gasteiger partial charge in [0.1, 0.15) is 0 Å². The predicted octanol–water partition coefficient (Wildman–Crippen LogP) is 1.39. The van der Waals surface area contributed by atoms with E-state index in [1.54, 1.807) is 7.11 Å². The van der Waals surface area contributed by atoms with Gasteiger partial charge in [-0.2, -0.15) is 0 Å². The third kappa shape index (κ3) is 4.07. The highest BCUT2D eigenvalue weighted by molar-refractivity contribution is 5.90. The fourth-order valence-electron chi connectivity index (χ4n) is 4.03. The van der Waals surface area contributed by atoms with Gasteiger partial charge in [-0.3, -0.25) is 9.59 Å². The van der Waals surface area contributed by atoms with Crippen LogP contribution in [0, 0.1) is 5.92 Å². The lowest BCUT2D eigenvalue weighted by Gasteiger charge is -2.31. The van der Waals surface area contributed by atoms with E-state index in [9.17, 15) is 9.59 Å². The number of methoxy groups -OCH3 is 1. The maximum absolute atomic E-state index is 13.3. The van der Waals surface area contributed by atoms with E-state index in [0.29, 0.717) is 13.2 Å². The average Bonchev–Trinajstić information content (AvgIpc) is 2.82. The smallest absolute Gasteiger partial charge is 0.228 e. The van der Waals surface area contributed by atoms with Gasteiger partial charge in [0.15, 0.2) is 0 Å². The Hall–Kier alpha value is -1.92. The van der Waals surface area contributed by atoms with Gasteiger partial charge in [0.05, 0.1) is 18.6 Å². The topological polar surface area (TPSA) is 53.1 Å². The van der Waals surface area contributed by atoms with Crippen LogP contribution in [-0.4, -0.2) is 80.0 Å². The highest BCUT2D eigenvalue weighted by atomic mass is 16.5. The van der Waals surface area contributed by atoms with Crippen LogP contribution in [0.1, 0.15) is 24.4 Å². The molecule has 2 heterocycles. The molecule has 142 valence electrons. The van der Waals surface area contributed by atoms with Crippen molar-refractivity contribution in [3.05, 3.63) is 35.9 Å². The Labute approximate surface area is 155 Å². The number of likely N-dealkylation sites (N-methyl/N-ethyl adjacent to an activating group) is 1. The number of hydrogen-bond donors (Lipinski definition) is 0. The Balaban J connectivity index is 1.83. The molecule has 2 aliphatic rings. The van der Waals surface area contributed by atoms with Crippen molar-refractivity contribution >= 4 is 11.8 Å². The van der Waals surface area contributed by atoms with Crippen LogP contribution in [0.4, 0.5) is 0 Å². The number of hydrogen-bond acceptors (Lipinski definition) is 4. The van der Waals surface area contributed by atoms with Gasteiger partial charge in [-0.05, 0) is 25.6 Å². The molecule has 0 unspecified atom stereocenters. The molecule has 0 spiro atoms. The second-order valence-electron chi connectivity index (χ2n) is 7.23. The molecule has 6 heteroatoms. The van der Waals surface area contributed by atoms with Gasteiger partial charge in [-0.1, -0.05) is 30.3 Å². The Morgan fingerprint density at radius 3 is 2.65 bits per heavy atom. The van der Waals surface area contributed by atoms with Crippen LogP contribution in [0.3, 0.4) is 0 Å². The Kier molecular flexibility index (Phi) is 6.27. The van der Waals surface area contributed by atoms with E-state index in [1.807, 2.05) is 40.1 Å². The van der Waals surface area contributed by atoms with Crippen LogP contribution in [0.5, 0.6) is 0 Å².